The second-order valence-corrected chi connectivity index (χ2v) is 5.64. The number of anilines is 1. The van der Waals surface area contributed by atoms with Crippen LogP contribution < -0.4 is 5.32 Å². The highest BCUT2D eigenvalue weighted by atomic mass is 79.9. The minimum absolute atomic E-state index is 0.278. The van der Waals surface area contributed by atoms with Crippen molar-refractivity contribution in [1.29, 1.82) is 0 Å². The Hall–Kier alpha value is -0.710. The zero-order chi connectivity index (χ0) is 13.3. The van der Waals surface area contributed by atoms with E-state index in [2.05, 4.69) is 28.2 Å². The highest BCUT2D eigenvalue weighted by Crippen LogP contribution is 2.37. The van der Waals surface area contributed by atoms with Crippen LogP contribution in [0.2, 0.25) is 0 Å². The maximum Gasteiger partial charge on any atom is 0.416 e. The van der Waals surface area contributed by atoms with Crippen LogP contribution in [0.15, 0.2) is 22.7 Å². The zero-order valence-electron chi connectivity index (χ0n) is 10.0. The van der Waals surface area contributed by atoms with Gasteiger partial charge in [-0.3, -0.25) is 0 Å². The molecule has 0 heterocycles. The summed E-state index contributed by atoms with van der Waals surface area (Å²) >= 11 is 3.13. The van der Waals surface area contributed by atoms with Crippen LogP contribution >= 0.6 is 15.9 Å². The fourth-order valence-corrected chi connectivity index (χ4v) is 2.60. The quantitative estimate of drug-likeness (QED) is 0.816. The Labute approximate surface area is 113 Å². The first-order chi connectivity index (χ1) is 8.40. The maximum absolute atomic E-state index is 12.7. The van der Waals surface area contributed by atoms with Crippen molar-refractivity contribution in [3.63, 3.8) is 0 Å². The maximum atomic E-state index is 12.7. The standard InChI is InChI=1S/C13H15BrF3N/c1-2-12(8-3-4-8)18-11-6-9(13(15,16)17)5-10(14)7-11/h5-8,12,18H,2-4H2,1H3. The van der Waals surface area contributed by atoms with Gasteiger partial charge in [-0.1, -0.05) is 22.9 Å². The minimum Gasteiger partial charge on any atom is -0.382 e. The van der Waals surface area contributed by atoms with Gasteiger partial charge in [0, 0.05) is 16.2 Å². The van der Waals surface area contributed by atoms with Crippen molar-refractivity contribution in [2.75, 3.05) is 5.32 Å². The summed E-state index contributed by atoms with van der Waals surface area (Å²) in [6.07, 6.45) is -1.03. The van der Waals surface area contributed by atoms with E-state index in [1.165, 1.54) is 18.9 Å². The topological polar surface area (TPSA) is 12.0 Å². The molecule has 1 saturated carbocycles. The molecule has 0 bridgehead atoms. The van der Waals surface area contributed by atoms with Gasteiger partial charge < -0.3 is 5.32 Å². The Balaban J connectivity index is 2.19. The van der Waals surface area contributed by atoms with Gasteiger partial charge in [0.1, 0.15) is 0 Å². The number of rotatable bonds is 4. The first-order valence-corrected chi connectivity index (χ1v) is 6.83. The van der Waals surface area contributed by atoms with Crippen LogP contribution in [0.1, 0.15) is 31.7 Å². The van der Waals surface area contributed by atoms with E-state index in [1.54, 1.807) is 6.07 Å². The first kappa shape index (κ1) is 13.7. The van der Waals surface area contributed by atoms with E-state index in [0.717, 1.165) is 12.5 Å². The van der Waals surface area contributed by atoms with E-state index in [9.17, 15) is 13.2 Å². The summed E-state index contributed by atoms with van der Waals surface area (Å²) in [5.41, 5.74) is -0.0829. The average Bonchev–Trinajstić information content (AvgIpc) is 3.07. The molecule has 0 radical (unpaired) electrons. The lowest BCUT2D eigenvalue weighted by molar-refractivity contribution is -0.137. The van der Waals surface area contributed by atoms with E-state index >= 15 is 0 Å². The monoisotopic (exact) mass is 321 g/mol. The Bertz CT molecular complexity index is 427. The third-order valence-electron chi connectivity index (χ3n) is 3.21. The summed E-state index contributed by atoms with van der Waals surface area (Å²) in [4.78, 5) is 0. The summed E-state index contributed by atoms with van der Waals surface area (Å²) in [7, 11) is 0. The van der Waals surface area contributed by atoms with Gasteiger partial charge in [0.25, 0.3) is 0 Å². The lowest BCUT2D eigenvalue weighted by Crippen LogP contribution is -2.21. The molecule has 1 aromatic carbocycles. The van der Waals surface area contributed by atoms with Crippen molar-refractivity contribution in [2.45, 2.75) is 38.4 Å². The van der Waals surface area contributed by atoms with Crippen molar-refractivity contribution in [1.82, 2.24) is 0 Å². The van der Waals surface area contributed by atoms with Crippen LogP contribution in [0.3, 0.4) is 0 Å². The summed E-state index contributed by atoms with van der Waals surface area (Å²) in [5, 5.41) is 3.21. The Morgan fingerprint density at radius 3 is 2.50 bits per heavy atom. The first-order valence-electron chi connectivity index (χ1n) is 6.04. The number of alkyl halides is 3. The molecule has 0 amide bonds. The van der Waals surface area contributed by atoms with Gasteiger partial charge in [0.15, 0.2) is 0 Å². The number of benzene rings is 1. The van der Waals surface area contributed by atoms with Crippen molar-refractivity contribution >= 4 is 21.6 Å². The normalized spacial score (nSPS) is 17.6. The molecule has 1 N–H and O–H groups in total. The van der Waals surface area contributed by atoms with E-state index in [1.807, 2.05) is 0 Å². The summed E-state index contributed by atoms with van der Waals surface area (Å²) in [5.74, 6) is 0.614. The smallest absolute Gasteiger partial charge is 0.382 e. The van der Waals surface area contributed by atoms with Crippen molar-refractivity contribution in [3.8, 4) is 0 Å². The molecule has 18 heavy (non-hydrogen) atoms. The molecule has 0 spiro atoms. The molecule has 0 aliphatic heterocycles. The van der Waals surface area contributed by atoms with Crippen LogP contribution in [0.5, 0.6) is 0 Å². The second kappa shape index (κ2) is 5.11. The molecular weight excluding hydrogens is 307 g/mol. The molecule has 5 heteroatoms. The molecule has 1 aliphatic carbocycles. The van der Waals surface area contributed by atoms with Gasteiger partial charge in [0.2, 0.25) is 0 Å². The van der Waals surface area contributed by atoms with Gasteiger partial charge in [-0.05, 0) is 43.4 Å². The van der Waals surface area contributed by atoms with Gasteiger partial charge in [-0.25, -0.2) is 0 Å². The molecule has 2 rings (SSSR count). The third-order valence-corrected chi connectivity index (χ3v) is 3.67. The highest BCUT2D eigenvalue weighted by Gasteiger charge is 2.32. The van der Waals surface area contributed by atoms with Crippen LogP contribution in [0.25, 0.3) is 0 Å². The Morgan fingerprint density at radius 1 is 1.33 bits per heavy atom. The van der Waals surface area contributed by atoms with E-state index in [-0.39, 0.29) is 6.04 Å². The molecule has 0 saturated heterocycles. The predicted octanol–water partition coefficient (Wildman–Crippen LogP) is 5.07. The third kappa shape index (κ3) is 3.40. The molecule has 1 atom stereocenters. The van der Waals surface area contributed by atoms with E-state index in [4.69, 9.17) is 0 Å². The van der Waals surface area contributed by atoms with Gasteiger partial charge in [-0.2, -0.15) is 13.2 Å². The molecule has 1 nitrogen and oxygen atoms in total. The van der Waals surface area contributed by atoms with Crippen LogP contribution in [-0.4, -0.2) is 6.04 Å². The van der Waals surface area contributed by atoms with Crippen LogP contribution in [-0.2, 0) is 6.18 Å². The zero-order valence-corrected chi connectivity index (χ0v) is 11.6. The average molecular weight is 322 g/mol. The fourth-order valence-electron chi connectivity index (χ4n) is 2.10. The lowest BCUT2D eigenvalue weighted by atomic mass is 10.1. The number of halogens is 4. The van der Waals surface area contributed by atoms with Crippen LogP contribution in [0, 0.1) is 5.92 Å². The van der Waals surface area contributed by atoms with E-state index < -0.39 is 11.7 Å². The Kier molecular flexibility index (Phi) is 3.90. The van der Waals surface area contributed by atoms with Gasteiger partial charge in [-0.15, -0.1) is 0 Å². The fraction of sp³-hybridized carbons (Fsp3) is 0.538. The highest BCUT2D eigenvalue weighted by molar-refractivity contribution is 9.10. The van der Waals surface area contributed by atoms with E-state index in [0.29, 0.717) is 16.1 Å². The van der Waals surface area contributed by atoms with Gasteiger partial charge in [0.05, 0.1) is 5.56 Å². The molecule has 1 aromatic rings. The number of hydrogen-bond donors (Lipinski definition) is 1. The number of nitrogens with one attached hydrogen (secondary N) is 1. The molecule has 1 aliphatic rings. The summed E-state index contributed by atoms with van der Waals surface area (Å²) in [6.45, 7) is 2.05. The summed E-state index contributed by atoms with van der Waals surface area (Å²) < 4.78 is 38.5. The molecule has 1 fully saturated rings. The molecule has 0 aromatic heterocycles. The van der Waals surface area contributed by atoms with Crippen LogP contribution in [0.4, 0.5) is 18.9 Å². The number of hydrogen-bond acceptors (Lipinski definition) is 1. The summed E-state index contributed by atoms with van der Waals surface area (Å²) in [6, 6.07) is 4.25. The van der Waals surface area contributed by atoms with Gasteiger partial charge >= 0.3 is 6.18 Å². The van der Waals surface area contributed by atoms with Crippen molar-refractivity contribution < 1.29 is 13.2 Å². The van der Waals surface area contributed by atoms with Crippen molar-refractivity contribution in [3.05, 3.63) is 28.2 Å². The largest absolute Gasteiger partial charge is 0.416 e. The Morgan fingerprint density at radius 2 is 2.00 bits per heavy atom. The lowest BCUT2D eigenvalue weighted by Gasteiger charge is -2.19. The molecule has 1 unspecified atom stereocenters. The minimum atomic E-state index is -4.30. The van der Waals surface area contributed by atoms with Crippen molar-refractivity contribution in [2.24, 2.45) is 5.92 Å². The predicted molar refractivity (Wildman–Crippen MR) is 69.6 cm³/mol. The second-order valence-electron chi connectivity index (χ2n) is 4.72. The SMILES string of the molecule is CCC(Nc1cc(Br)cc(C(F)(F)F)c1)C1CC1. The molecule has 100 valence electrons. The molecular formula is C13H15BrF3N.